The zero-order valence-corrected chi connectivity index (χ0v) is 24.5. The maximum absolute atomic E-state index is 13.5. The summed E-state index contributed by atoms with van der Waals surface area (Å²) in [6, 6.07) is 25.5. The summed E-state index contributed by atoms with van der Waals surface area (Å²) in [7, 11) is 0. The molecule has 0 aliphatic rings. The van der Waals surface area contributed by atoms with Gasteiger partial charge in [-0.1, -0.05) is 108 Å². The summed E-state index contributed by atoms with van der Waals surface area (Å²) in [5.74, 6) is -0.294. The molecule has 6 nitrogen and oxygen atoms in total. The number of hydrogen-bond donors (Lipinski definition) is 1. The van der Waals surface area contributed by atoms with Crippen molar-refractivity contribution in [2.45, 2.75) is 52.0 Å². The Kier molecular flexibility index (Phi) is 10.8. The molecule has 4 aromatic rings. The summed E-state index contributed by atoms with van der Waals surface area (Å²) in [6.07, 6.45) is 6.04. The molecule has 2 amide bonds. The third-order valence-electron chi connectivity index (χ3n) is 6.38. The Bertz CT molecular complexity index is 1360. The Morgan fingerprint density at radius 2 is 1.69 bits per heavy atom. The van der Waals surface area contributed by atoms with Crippen LogP contribution in [0.2, 0.25) is 0 Å². The third-order valence-corrected chi connectivity index (χ3v) is 7.76. The summed E-state index contributed by atoms with van der Waals surface area (Å²) >= 11 is 4.78. The average molecular weight is 606 g/mol. The van der Waals surface area contributed by atoms with E-state index in [1.807, 2.05) is 78.9 Å². The van der Waals surface area contributed by atoms with Crippen molar-refractivity contribution in [2.24, 2.45) is 0 Å². The molecule has 0 atom stereocenters. The number of aryl methyl sites for hydroxylation is 1. The van der Waals surface area contributed by atoms with Gasteiger partial charge in [-0.3, -0.25) is 9.59 Å². The van der Waals surface area contributed by atoms with Crippen molar-refractivity contribution in [1.29, 1.82) is 0 Å². The molecule has 0 bridgehead atoms. The first-order valence-corrected chi connectivity index (χ1v) is 14.9. The maximum atomic E-state index is 13.5. The molecule has 1 aromatic heterocycles. The number of carbonyl (C=O) groups is 2. The van der Waals surface area contributed by atoms with Crippen molar-refractivity contribution < 1.29 is 9.59 Å². The lowest BCUT2D eigenvalue weighted by molar-refractivity contribution is -0.116. The highest BCUT2D eigenvalue weighted by atomic mass is 79.9. The zero-order valence-electron chi connectivity index (χ0n) is 22.1. The van der Waals surface area contributed by atoms with Crippen LogP contribution in [0.4, 0.5) is 5.13 Å². The van der Waals surface area contributed by atoms with E-state index in [4.69, 9.17) is 0 Å². The Balaban J connectivity index is 1.38. The number of carbonyl (C=O) groups excluding carboxylic acids is 2. The van der Waals surface area contributed by atoms with Crippen molar-refractivity contribution in [3.05, 3.63) is 100 Å². The first kappa shape index (κ1) is 28.6. The molecule has 0 saturated heterocycles. The lowest BCUT2D eigenvalue weighted by Gasteiger charge is -2.23. The number of rotatable bonds is 13. The van der Waals surface area contributed by atoms with Crippen LogP contribution in [0, 0.1) is 0 Å². The molecule has 1 heterocycles. The molecule has 0 fully saturated rings. The highest BCUT2D eigenvalue weighted by Gasteiger charge is 2.18. The molecule has 0 aliphatic carbocycles. The van der Waals surface area contributed by atoms with Gasteiger partial charge in [-0.25, -0.2) is 0 Å². The highest BCUT2D eigenvalue weighted by molar-refractivity contribution is 9.10. The molecular formula is C31H33BrN4O2S. The molecular weight excluding hydrogens is 572 g/mol. The summed E-state index contributed by atoms with van der Waals surface area (Å²) in [4.78, 5) is 28.0. The Hall–Kier alpha value is -3.36. The molecule has 4 rings (SSSR count). The summed E-state index contributed by atoms with van der Waals surface area (Å²) in [6.45, 7) is 2.93. The SMILES string of the molecule is CCCCCCc1ccc(C(=O)N(CCC(=O)Nc2nnc(-c3cccc(Br)c3)s2)Cc2ccccc2)cc1. The van der Waals surface area contributed by atoms with Gasteiger partial charge in [0.15, 0.2) is 0 Å². The molecule has 3 aromatic carbocycles. The number of nitrogens with one attached hydrogen (secondary N) is 1. The van der Waals surface area contributed by atoms with Crippen molar-refractivity contribution in [3.8, 4) is 10.6 Å². The molecule has 1 N–H and O–H groups in total. The van der Waals surface area contributed by atoms with Crippen LogP contribution in [0.15, 0.2) is 83.3 Å². The van der Waals surface area contributed by atoms with Gasteiger partial charge in [-0.05, 0) is 48.2 Å². The molecule has 0 saturated carbocycles. The number of benzene rings is 3. The van der Waals surface area contributed by atoms with Gasteiger partial charge in [0.05, 0.1) is 0 Å². The van der Waals surface area contributed by atoms with Crippen LogP contribution < -0.4 is 5.32 Å². The van der Waals surface area contributed by atoms with E-state index in [-0.39, 0.29) is 24.8 Å². The quantitative estimate of drug-likeness (QED) is 0.158. The third kappa shape index (κ3) is 8.83. The van der Waals surface area contributed by atoms with Crippen LogP contribution in [0.1, 0.15) is 60.5 Å². The van der Waals surface area contributed by atoms with Gasteiger partial charge >= 0.3 is 0 Å². The van der Waals surface area contributed by atoms with E-state index in [1.165, 1.54) is 36.2 Å². The lowest BCUT2D eigenvalue weighted by Crippen LogP contribution is -2.33. The Labute approximate surface area is 242 Å². The largest absolute Gasteiger partial charge is 0.334 e. The second kappa shape index (κ2) is 14.7. The maximum Gasteiger partial charge on any atom is 0.254 e. The van der Waals surface area contributed by atoms with Crippen LogP contribution >= 0.6 is 27.3 Å². The number of aromatic nitrogens is 2. The predicted octanol–water partition coefficient (Wildman–Crippen LogP) is 7.76. The first-order chi connectivity index (χ1) is 19.0. The first-order valence-electron chi connectivity index (χ1n) is 13.3. The van der Waals surface area contributed by atoms with Crippen molar-refractivity contribution in [1.82, 2.24) is 15.1 Å². The molecule has 0 aliphatic heterocycles. The number of hydrogen-bond acceptors (Lipinski definition) is 5. The fraction of sp³-hybridized carbons (Fsp3) is 0.290. The van der Waals surface area contributed by atoms with Crippen LogP contribution in [0.25, 0.3) is 10.6 Å². The van der Waals surface area contributed by atoms with Crippen molar-refractivity contribution in [3.63, 3.8) is 0 Å². The van der Waals surface area contributed by atoms with Gasteiger partial charge in [0.25, 0.3) is 5.91 Å². The topological polar surface area (TPSA) is 75.2 Å². The molecule has 39 heavy (non-hydrogen) atoms. The minimum Gasteiger partial charge on any atom is -0.334 e. The van der Waals surface area contributed by atoms with Gasteiger partial charge in [-0.2, -0.15) is 0 Å². The smallest absolute Gasteiger partial charge is 0.254 e. The minimum absolute atomic E-state index is 0.0861. The van der Waals surface area contributed by atoms with E-state index in [0.29, 0.717) is 17.2 Å². The fourth-order valence-electron chi connectivity index (χ4n) is 4.24. The van der Waals surface area contributed by atoms with Crippen molar-refractivity contribution in [2.75, 3.05) is 11.9 Å². The number of halogens is 1. The van der Waals surface area contributed by atoms with E-state index in [9.17, 15) is 9.59 Å². The van der Waals surface area contributed by atoms with Gasteiger partial charge in [-0.15, -0.1) is 10.2 Å². The van der Waals surface area contributed by atoms with E-state index >= 15 is 0 Å². The molecule has 0 unspecified atom stereocenters. The van der Waals surface area contributed by atoms with Gasteiger partial charge in [0, 0.05) is 35.1 Å². The number of amides is 2. The van der Waals surface area contributed by atoms with Gasteiger partial charge in [0.1, 0.15) is 5.01 Å². The summed E-state index contributed by atoms with van der Waals surface area (Å²) in [5, 5.41) is 12.3. The number of anilines is 1. The Morgan fingerprint density at radius 1 is 0.897 bits per heavy atom. The molecule has 0 radical (unpaired) electrons. The average Bonchev–Trinajstić information content (AvgIpc) is 3.42. The predicted molar refractivity (Wildman–Crippen MR) is 162 cm³/mol. The number of unbranched alkanes of at least 4 members (excludes halogenated alkanes) is 3. The normalized spacial score (nSPS) is 10.8. The van der Waals surface area contributed by atoms with Crippen LogP contribution in [-0.2, 0) is 17.8 Å². The van der Waals surface area contributed by atoms with Crippen LogP contribution in [0.3, 0.4) is 0 Å². The monoisotopic (exact) mass is 604 g/mol. The lowest BCUT2D eigenvalue weighted by atomic mass is 10.0. The summed E-state index contributed by atoms with van der Waals surface area (Å²) in [5.41, 5.74) is 3.82. The zero-order chi connectivity index (χ0) is 27.5. The van der Waals surface area contributed by atoms with Gasteiger partial charge in [0.2, 0.25) is 11.0 Å². The molecule has 8 heteroatoms. The van der Waals surface area contributed by atoms with E-state index < -0.39 is 0 Å². The van der Waals surface area contributed by atoms with E-state index in [2.05, 4.69) is 38.4 Å². The number of nitrogens with zero attached hydrogens (tertiary/aromatic N) is 3. The standard InChI is InChI=1S/C31H33BrN4O2S/c1-2-3-4-6-10-23-15-17-25(18-16-23)30(38)36(22-24-11-7-5-8-12-24)20-19-28(37)33-31-35-34-29(39-31)26-13-9-14-27(32)21-26/h5,7-9,11-18,21H,2-4,6,10,19-20,22H2,1H3,(H,33,35,37). The second-order valence-corrected chi connectivity index (χ2v) is 11.3. The highest BCUT2D eigenvalue weighted by Crippen LogP contribution is 2.28. The van der Waals surface area contributed by atoms with Crippen molar-refractivity contribution >= 4 is 44.2 Å². The minimum atomic E-state index is -0.208. The van der Waals surface area contributed by atoms with Crippen LogP contribution in [0.5, 0.6) is 0 Å². The summed E-state index contributed by atoms with van der Waals surface area (Å²) < 4.78 is 0.950. The molecule has 202 valence electrons. The van der Waals surface area contributed by atoms with E-state index in [1.54, 1.807) is 4.90 Å². The molecule has 0 spiro atoms. The second-order valence-electron chi connectivity index (χ2n) is 9.44. The van der Waals surface area contributed by atoms with Gasteiger partial charge < -0.3 is 10.2 Å². The van der Waals surface area contributed by atoms with E-state index in [0.717, 1.165) is 33.4 Å². The Morgan fingerprint density at radius 3 is 2.44 bits per heavy atom. The fourth-order valence-corrected chi connectivity index (χ4v) is 5.39. The van der Waals surface area contributed by atoms with Crippen LogP contribution in [-0.4, -0.2) is 33.5 Å².